The molecule has 2 heterocycles. The fraction of sp³-hybridized carbons (Fsp3) is 0.857. The van der Waals surface area contributed by atoms with E-state index >= 15 is 0 Å². The van der Waals surface area contributed by atoms with Crippen molar-refractivity contribution in [2.45, 2.75) is 37.8 Å². The quantitative estimate of drug-likeness (QED) is 0.510. The van der Waals surface area contributed by atoms with Gasteiger partial charge in [-0.15, -0.1) is 0 Å². The maximum atomic E-state index is 10.9. The number of fused-ring (bicyclic) bond motifs is 2. The third-order valence-corrected chi connectivity index (χ3v) is 2.28. The molecule has 0 amide bonds. The van der Waals surface area contributed by atoms with Crippen LogP contribution in [0.15, 0.2) is 0 Å². The SMILES string of the molecule is O=C1C[C@@H]2CC[C@@H](C1)N2. The summed E-state index contributed by atoms with van der Waals surface area (Å²) in [7, 11) is 0. The van der Waals surface area contributed by atoms with Gasteiger partial charge in [-0.25, -0.2) is 0 Å². The van der Waals surface area contributed by atoms with E-state index in [1.54, 1.807) is 0 Å². The monoisotopic (exact) mass is 125 g/mol. The summed E-state index contributed by atoms with van der Waals surface area (Å²) in [6, 6.07) is 1.08. The highest BCUT2D eigenvalue weighted by Gasteiger charge is 2.31. The predicted molar refractivity (Wildman–Crippen MR) is 34.2 cm³/mol. The number of hydrogen-bond donors (Lipinski definition) is 1. The molecule has 1 N–H and O–H groups in total. The van der Waals surface area contributed by atoms with E-state index < -0.39 is 0 Å². The van der Waals surface area contributed by atoms with Crippen LogP contribution in [0.3, 0.4) is 0 Å². The molecule has 0 aromatic rings. The highest BCUT2D eigenvalue weighted by Crippen LogP contribution is 2.23. The van der Waals surface area contributed by atoms with Crippen LogP contribution in [-0.4, -0.2) is 17.9 Å². The molecule has 2 aliphatic heterocycles. The van der Waals surface area contributed by atoms with Crippen LogP contribution in [0, 0.1) is 0 Å². The van der Waals surface area contributed by atoms with Crippen LogP contribution >= 0.6 is 0 Å². The second-order valence-electron chi connectivity index (χ2n) is 3.08. The van der Waals surface area contributed by atoms with Gasteiger partial charge in [0.25, 0.3) is 0 Å². The lowest BCUT2D eigenvalue weighted by atomic mass is 10.1. The Balaban J connectivity index is 2.11. The molecular weight excluding hydrogens is 114 g/mol. The Morgan fingerprint density at radius 2 is 1.78 bits per heavy atom. The number of ketones is 1. The number of piperidine rings is 1. The van der Waals surface area contributed by atoms with E-state index in [0.29, 0.717) is 17.9 Å². The fourth-order valence-electron chi connectivity index (χ4n) is 1.86. The Labute approximate surface area is 54.6 Å². The van der Waals surface area contributed by atoms with Crippen molar-refractivity contribution in [2.24, 2.45) is 0 Å². The number of nitrogens with one attached hydrogen (secondary N) is 1. The predicted octanol–water partition coefficient (Wildman–Crippen LogP) is 0.470. The first-order chi connectivity index (χ1) is 4.34. The molecule has 0 saturated carbocycles. The molecule has 0 spiro atoms. The Morgan fingerprint density at radius 3 is 2.33 bits per heavy atom. The van der Waals surface area contributed by atoms with Crippen molar-refractivity contribution in [3.63, 3.8) is 0 Å². The zero-order chi connectivity index (χ0) is 6.27. The molecule has 0 unspecified atom stereocenters. The summed E-state index contributed by atoms with van der Waals surface area (Å²) < 4.78 is 0. The maximum absolute atomic E-state index is 10.9. The van der Waals surface area contributed by atoms with Crippen molar-refractivity contribution < 1.29 is 4.79 Å². The van der Waals surface area contributed by atoms with Gasteiger partial charge in [0.15, 0.2) is 0 Å². The summed E-state index contributed by atoms with van der Waals surface area (Å²) in [4.78, 5) is 10.9. The van der Waals surface area contributed by atoms with Crippen molar-refractivity contribution in [3.05, 3.63) is 0 Å². The first-order valence-electron chi connectivity index (χ1n) is 3.62. The van der Waals surface area contributed by atoms with Gasteiger partial charge in [0, 0.05) is 24.9 Å². The normalized spacial score (nSPS) is 41.6. The number of hydrogen-bond acceptors (Lipinski definition) is 2. The van der Waals surface area contributed by atoms with Gasteiger partial charge in [-0.3, -0.25) is 4.79 Å². The van der Waals surface area contributed by atoms with Gasteiger partial charge in [0.05, 0.1) is 0 Å². The topological polar surface area (TPSA) is 29.1 Å². The second-order valence-corrected chi connectivity index (χ2v) is 3.08. The van der Waals surface area contributed by atoms with E-state index in [-0.39, 0.29) is 0 Å². The Bertz CT molecular complexity index is 130. The Kier molecular flexibility index (Phi) is 1.09. The first kappa shape index (κ1) is 5.42. The number of carbonyl (C=O) groups is 1. The first-order valence-corrected chi connectivity index (χ1v) is 3.62. The van der Waals surface area contributed by atoms with E-state index in [1.807, 2.05) is 0 Å². The van der Waals surface area contributed by atoms with Crippen LogP contribution in [0.1, 0.15) is 25.7 Å². The zero-order valence-corrected chi connectivity index (χ0v) is 5.39. The number of rotatable bonds is 0. The molecule has 2 nitrogen and oxygen atoms in total. The summed E-state index contributed by atoms with van der Waals surface area (Å²) in [6.45, 7) is 0. The van der Waals surface area contributed by atoms with E-state index in [2.05, 4.69) is 5.32 Å². The Morgan fingerprint density at radius 1 is 1.22 bits per heavy atom. The third kappa shape index (κ3) is 0.874. The molecule has 2 atom stereocenters. The molecule has 0 radical (unpaired) electrons. The van der Waals surface area contributed by atoms with Crippen LogP contribution in [0.2, 0.25) is 0 Å². The molecule has 9 heavy (non-hydrogen) atoms. The molecule has 2 rings (SSSR count). The van der Waals surface area contributed by atoms with Crippen molar-refractivity contribution in [1.29, 1.82) is 0 Å². The van der Waals surface area contributed by atoms with E-state index in [9.17, 15) is 4.79 Å². The lowest BCUT2D eigenvalue weighted by Crippen LogP contribution is -2.38. The maximum Gasteiger partial charge on any atom is 0.136 e. The summed E-state index contributed by atoms with van der Waals surface area (Å²) in [5.74, 6) is 0.459. The van der Waals surface area contributed by atoms with Gasteiger partial charge in [0.1, 0.15) is 5.78 Å². The van der Waals surface area contributed by atoms with Crippen LogP contribution < -0.4 is 5.32 Å². The largest absolute Gasteiger partial charge is 0.310 e. The molecule has 2 bridgehead atoms. The second kappa shape index (κ2) is 1.81. The molecule has 2 heteroatoms. The minimum absolute atomic E-state index is 0.459. The standard InChI is InChI=1S/C7H11NO/c9-7-3-5-1-2-6(4-7)8-5/h5-6,8H,1-4H2/t5-,6-/m0/s1. The minimum atomic E-state index is 0.459. The summed E-state index contributed by atoms with van der Waals surface area (Å²) in [5.41, 5.74) is 0. The lowest BCUT2D eigenvalue weighted by molar-refractivity contribution is -0.120. The zero-order valence-electron chi connectivity index (χ0n) is 5.39. The van der Waals surface area contributed by atoms with Crippen molar-refractivity contribution in [1.82, 2.24) is 5.32 Å². The molecule has 2 saturated heterocycles. The third-order valence-electron chi connectivity index (χ3n) is 2.28. The van der Waals surface area contributed by atoms with Gasteiger partial charge < -0.3 is 5.32 Å². The van der Waals surface area contributed by atoms with Crippen LogP contribution in [0.4, 0.5) is 0 Å². The van der Waals surface area contributed by atoms with Gasteiger partial charge in [0.2, 0.25) is 0 Å². The molecule has 0 aliphatic carbocycles. The fourth-order valence-corrected chi connectivity index (χ4v) is 1.86. The minimum Gasteiger partial charge on any atom is -0.310 e. The average Bonchev–Trinajstić information content (AvgIpc) is 2.11. The van der Waals surface area contributed by atoms with Crippen LogP contribution in [0.5, 0.6) is 0 Å². The molecule has 0 aromatic carbocycles. The molecule has 2 aliphatic rings. The van der Waals surface area contributed by atoms with Gasteiger partial charge in [-0.05, 0) is 12.8 Å². The lowest BCUT2D eigenvalue weighted by Gasteiger charge is -2.18. The smallest absolute Gasteiger partial charge is 0.136 e. The molecule has 50 valence electrons. The Hall–Kier alpha value is -0.370. The van der Waals surface area contributed by atoms with Gasteiger partial charge in [-0.1, -0.05) is 0 Å². The van der Waals surface area contributed by atoms with Crippen molar-refractivity contribution >= 4 is 5.78 Å². The van der Waals surface area contributed by atoms with Crippen molar-refractivity contribution in [2.75, 3.05) is 0 Å². The average molecular weight is 125 g/mol. The summed E-state index contributed by atoms with van der Waals surface area (Å²) >= 11 is 0. The summed E-state index contributed by atoms with van der Waals surface area (Å²) in [5, 5.41) is 3.40. The van der Waals surface area contributed by atoms with Crippen LogP contribution in [0.25, 0.3) is 0 Å². The van der Waals surface area contributed by atoms with E-state index in [0.717, 1.165) is 12.8 Å². The number of Topliss-reactive ketones (excluding diaryl/α,β-unsaturated/α-hetero) is 1. The number of carbonyl (C=O) groups excluding carboxylic acids is 1. The van der Waals surface area contributed by atoms with Gasteiger partial charge in [-0.2, -0.15) is 0 Å². The highest BCUT2D eigenvalue weighted by molar-refractivity contribution is 5.80. The molecular formula is C7H11NO. The van der Waals surface area contributed by atoms with E-state index in [4.69, 9.17) is 0 Å². The van der Waals surface area contributed by atoms with Crippen LogP contribution in [-0.2, 0) is 4.79 Å². The molecule has 2 fully saturated rings. The summed E-state index contributed by atoms with van der Waals surface area (Å²) in [6.07, 6.45) is 4.01. The van der Waals surface area contributed by atoms with E-state index in [1.165, 1.54) is 12.8 Å². The van der Waals surface area contributed by atoms with Gasteiger partial charge >= 0.3 is 0 Å². The van der Waals surface area contributed by atoms with Crippen molar-refractivity contribution in [3.8, 4) is 0 Å². The highest BCUT2D eigenvalue weighted by atomic mass is 16.1. The molecule has 0 aromatic heterocycles.